The van der Waals surface area contributed by atoms with Gasteiger partial charge in [0, 0.05) is 18.1 Å². The molecule has 0 radical (unpaired) electrons. The normalized spacial score (nSPS) is 18.6. The molecule has 1 saturated carbocycles. The molecule has 0 atom stereocenters. The molecule has 2 rings (SSSR count). The van der Waals surface area contributed by atoms with Gasteiger partial charge in [-0.3, -0.25) is 10.7 Å². The van der Waals surface area contributed by atoms with Crippen molar-refractivity contribution >= 4 is 12.3 Å². The van der Waals surface area contributed by atoms with Crippen molar-refractivity contribution in [2.24, 2.45) is 5.10 Å². The Morgan fingerprint density at radius 2 is 1.75 bits per heavy atom. The van der Waals surface area contributed by atoms with Crippen LogP contribution in [0.2, 0.25) is 0 Å². The predicted octanol–water partition coefficient (Wildman–Crippen LogP) is 3.87. The average molecular weight is 325 g/mol. The molecular formula is C19H23N3O2. The molecule has 1 heterocycles. The van der Waals surface area contributed by atoms with Crippen LogP contribution >= 0.6 is 0 Å². The maximum absolute atomic E-state index is 12.0. The SMILES string of the molecule is O=C(NC1=CC=CC=CC=CC=CNN=CC=C1)OC1CCCC1. The summed E-state index contributed by atoms with van der Waals surface area (Å²) in [4.78, 5) is 12.0. The highest BCUT2D eigenvalue weighted by molar-refractivity contribution is 5.74. The molecule has 126 valence electrons. The molecule has 1 amide bonds. The maximum atomic E-state index is 12.0. The number of carbonyl (C=O) groups excluding carboxylic acids is 1. The van der Waals surface area contributed by atoms with E-state index in [9.17, 15) is 4.79 Å². The van der Waals surface area contributed by atoms with E-state index < -0.39 is 6.09 Å². The molecule has 5 heteroatoms. The van der Waals surface area contributed by atoms with E-state index in [2.05, 4.69) is 15.8 Å². The quantitative estimate of drug-likeness (QED) is 0.810. The fraction of sp³-hybridized carbons (Fsp3) is 0.263. The first-order chi connectivity index (χ1) is 11.8. The van der Waals surface area contributed by atoms with E-state index in [4.69, 9.17) is 4.74 Å². The van der Waals surface area contributed by atoms with E-state index in [-0.39, 0.29) is 6.10 Å². The highest BCUT2D eigenvalue weighted by Gasteiger charge is 2.19. The lowest BCUT2D eigenvalue weighted by molar-refractivity contribution is 0.104. The van der Waals surface area contributed by atoms with Crippen LogP contribution in [0.4, 0.5) is 4.79 Å². The number of ether oxygens (including phenoxy) is 1. The van der Waals surface area contributed by atoms with Gasteiger partial charge in [0.1, 0.15) is 6.10 Å². The Kier molecular flexibility index (Phi) is 7.91. The molecule has 24 heavy (non-hydrogen) atoms. The van der Waals surface area contributed by atoms with Gasteiger partial charge >= 0.3 is 6.09 Å². The minimum atomic E-state index is -0.416. The molecule has 5 nitrogen and oxygen atoms in total. The van der Waals surface area contributed by atoms with Crippen LogP contribution in [0, 0.1) is 0 Å². The average Bonchev–Trinajstić information content (AvgIpc) is 3.06. The van der Waals surface area contributed by atoms with Crippen LogP contribution in [-0.4, -0.2) is 18.4 Å². The second-order valence-electron chi connectivity index (χ2n) is 5.34. The number of alkyl carbamates (subject to hydrolysis) is 1. The molecule has 0 bridgehead atoms. The Labute approximate surface area is 142 Å². The predicted molar refractivity (Wildman–Crippen MR) is 97.3 cm³/mol. The van der Waals surface area contributed by atoms with Gasteiger partial charge in [0.05, 0.1) is 0 Å². The number of hydrogen-bond acceptors (Lipinski definition) is 4. The largest absolute Gasteiger partial charge is 0.446 e. The number of amides is 1. The summed E-state index contributed by atoms with van der Waals surface area (Å²) in [6.45, 7) is 0. The lowest BCUT2D eigenvalue weighted by Crippen LogP contribution is -2.26. The van der Waals surface area contributed by atoms with Crippen molar-refractivity contribution in [3.05, 3.63) is 72.7 Å². The molecule has 1 fully saturated rings. The van der Waals surface area contributed by atoms with Crippen LogP contribution in [0.25, 0.3) is 0 Å². The van der Waals surface area contributed by atoms with E-state index in [1.807, 2.05) is 42.5 Å². The van der Waals surface area contributed by atoms with E-state index in [0.717, 1.165) is 25.7 Å². The first-order valence-electron chi connectivity index (χ1n) is 8.14. The molecule has 1 aliphatic carbocycles. The number of carbonyl (C=O) groups is 1. The zero-order valence-electron chi connectivity index (χ0n) is 13.6. The summed E-state index contributed by atoms with van der Waals surface area (Å²) in [6, 6.07) is 0. The maximum Gasteiger partial charge on any atom is 0.411 e. The van der Waals surface area contributed by atoms with E-state index in [1.54, 1.807) is 30.6 Å². The molecule has 1 aliphatic heterocycles. The highest BCUT2D eigenvalue weighted by Crippen LogP contribution is 2.20. The molecule has 0 saturated heterocycles. The lowest BCUT2D eigenvalue weighted by atomic mass is 10.3. The number of nitrogens with zero attached hydrogens (tertiary/aromatic N) is 1. The number of hydrogen-bond donors (Lipinski definition) is 2. The van der Waals surface area contributed by atoms with E-state index in [0.29, 0.717) is 5.70 Å². The number of hydrazone groups is 1. The van der Waals surface area contributed by atoms with Crippen molar-refractivity contribution in [1.29, 1.82) is 0 Å². The minimum Gasteiger partial charge on any atom is -0.446 e. The van der Waals surface area contributed by atoms with Crippen LogP contribution < -0.4 is 10.7 Å². The van der Waals surface area contributed by atoms with Gasteiger partial charge < -0.3 is 4.74 Å². The summed E-state index contributed by atoms with van der Waals surface area (Å²) >= 11 is 0. The summed E-state index contributed by atoms with van der Waals surface area (Å²) in [6.07, 6.45) is 25.6. The Morgan fingerprint density at radius 1 is 1.04 bits per heavy atom. The standard InChI is InChI=1S/C19H23N3O2/c23-19(24-18-13-7-8-14-18)22-17-11-6-4-2-1-3-5-9-15-20-21-16-10-12-17/h1-6,9-12,15-16,18,20H,7-8,13-14H2,(H,22,23). The molecule has 0 aromatic carbocycles. The van der Waals surface area contributed by atoms with Gasteiger partial charge in [-0.25, -0.2) is 4.79 Å². The fourth-order valence-electron chi connectivity index (χ4n) is 2.30. The zero-order valence-corrected chi connectivity index (χ0v) is 13.6. The van der Waals surface area contributed by atoms with Crippen LogP contribution in [0.3, 0.4) is 0 Å². The molecule has 0 spiro atoms. The summed E-state index contributed by atoms with van der Waals surface area (Å²) < 4.78 is 5.41. The van der Waals surface area contributed by atoms with Crippen molar-refractivity contribution in [1.82, 2.24) is 10.7 Å². The number of allylic oxidation sites excluding steroid dienone is 10. The van der Waals surface area contributed by atoms with Crippen molar-refractivity contribution in [3.8, 4) is 0 Å². The van der Waals surface area contributed by atoms with E-state index in [1.165, 1.54) is 0 Å². The van der Waals surface area contributed by atoms with Crippen LogP contribution in [-0.2, 0) is 4.74 Å². The van der Waals surface area contributed by atoms with Gasteiger partial charge in [-0.05, 0) is 50.0 Å². The zero-order chi connectivity index (χ0) is 16.9. The fourth-order valence-corrected chi connectivity index (χ4v) is 2.30. The molecular weight excluding hydrogens is 302 g/mol. The molecule has 0 aromatic rings. The summed E-state index contributed by atoms with van der Waals surface area (Å²) in [5.41, 5.74) is 3.41. The van der Waals surface area contributed by atoms with Crippen molar-refractivity contribution in [3.63, 3.8) is 0 Å². The molecule has 0 unspecified atom stereocenters. The Bertz CT molecular complexity index is 604. The first kappa shape index (κ1) is 17.5. The van der Waals surface area contributed by atoms with Crippen LogP contribution in [0.1, 0.15) is 25.7 Å². The van der Waals surface area contributed by atoms with Gasteiger partial charge in [0.2, 0.25) is 0 Å². The van der Waals surface area contributed by atoms with Gasteiger partial charge in [-0.1, -0.05) is 36.5 Å². The monoisotopic (exact) mass is 325 g/mol. The summed E-state index contributed by atoms with van der Waals surface area (Å²) in [7, 11) is 0. The van der Waals surface area contributed by atoms with Crippen molar-refractivity contribution < 1.29 is 9.53 Å². The second kappa shape index (κ2) is 10.8. The second-order valence-corrected chi connectivity index (χ2v) is 5.34. The topological polar surface area (TPSA) is 62.7 Å². The third kappa shape index (κ3) is 7.45. The third-order valence-corrected chi connectivity index (χ3v) is 3.45. The highest BCUT2D eigenvalue weighted by atomic mass is 16.6. The van der Waals surface area contributed by atoms with Gasteiger partial charge in [0.25, 0.3) is 0 Å². The van der Waals surface area contributed by atoms with Gasteiger partial charge in [-0.15, -0.1) is 0 Å². The summed E-state index contributed by atoms with van der Waals surface area (Å²) in [5, 5.41) is 6.76. The molecule has 0 aromatic heterocycles. The Morgan fingerprint density at radius 3 is 2.54 bits per heavy atom. The van der Waals surface area contributed by atoms with Crippen molar-refractivity contribution in [2.75, 3.05) is 0 Å². The van der Waals surface area contributed by atoms with Gasteiger partial charge in [0.15, 0.2) is 0 Å². The first-order valence-corrected chi connectivity index (χ1v) is 8.14. The van der Waals surface area contributed by atoms with Crippen molar-refractivity contribution in [2.45, 2.75) is 31.8 Å². The Hall–Kier alpha value is -2.82. The third-order valence-electron chi connectivity index (χ3n) is 3.45. The molecule has 2 N–H and O–H groups in total. The lowest BCUT2D eigenvalue weighted by Gasteiger charge is -2.12. The number of nitrogens with one attached hydrogen (secondary N) is 2. The Balaban J connectivity index is 1.99. The minimum absolute atomic E-state index is 0.0413. The van der Waals surface area contributed by atoms with Crippen LogP contribution in [0.15, 0.2) is 77.8 Å². The summed E-state index contributed by atoms with van der Waals surface area (Å²) in [5.74, 6) is 0. The number of rotatable bonds is 2. The van der Waals surface area contributed by atoms with Crippen LogP contribution in [0.5, 0.6) is 0 Å². The molecule has 2 aliphatic rings. The van der Waals surface area contributed by atoms with Gasteiger partial charge in [-0.2, -0.15) is 5.10 Å². The smallest absolute Gasteiger partial charge is 0.411 e. The van der Waals surface area contributed by atoms with E-state index >= 15 is 0 Å².